The second kappa shape index (κ2) is 7.23. The van der Waals surface area contributed by atoms with Gasteiger partial charge in [0, 0.05) is 41.0 Å². The Bertz CT molecular complexity index is 851. The van der Waals surface area contributed by atoms with E-state index < -0.39 is 0 Å². The Morgan fingerprint density at radius 2 is 2.08 bits per heavy atom. The van der Waals surface area contributed by atoms with Gasteiger partial charge in [-0.05, 0) is 12.1 Å². The molecule has 24 heavy (non-hydrogen) atoms. The molecule has 1 aliphatic heterocycles. The van der Waals surface area contributed by atoms with E-state index in [1.54, 1.807) is 29.3 Å². The lowest BCUT2D eigenvalue weighted by molar-refractivity contribution is 0.122. The summed E-state index contributed by atoms with van der Waals surface area (Å²) >= 11 is 9.66. The van der Waals surface area contributed by atoms with E-state index in [4.69, 9.17) is 16.3 Å². The minimum Gasteiger partial charge on any atom is -0.378 e. The van der Waals surface area contributed by atoms with Gasteiger partial charge in [-0.1, -0.05) is 46.8 Å². The lowest BCUT2D eigenvalue weighted by atomic mass is 10.1. The SMILES string of the molecule is Clc1ccc2cccnc2c1CSc1nnc(N2CCOCC2)s1. The van der Waals surface area contributed by atoms with Crippen LogP contribution in [0.5, 0.6) is 0 Å². The number of nitrogens with zero attached hydrogens (tertiary/aromatic N) is 4. The molecule has 1 aromatic carbocycles. The molecule has 1 aliphatic rings. The predicted octanol–water partition coefficient (Wildman–Crippen LogP) is 3.87. The van der Waals surface area contributed by atoms with Crippen molar-refractivity contribution >= 4 is 50.7 Å². The number of morpholine rings is 1. The van der Waals surface area contributed by atoms with Crippen molar-refractivity contribution in [2.24, 2.45) is 0 Å². The van der Waals surface area contributed by atoms with Crippen LogP contribution < -0.4 is 4.90 Å². The van der Waals surface area contributed by atoms with E-state index in [2.05, 4.69) is 20.1 Å². The van der Waals surface area contributed by atoms with Crippen LogP contribution in [0.15, 0.2) is 34.8 Å². The smallest absolute Gasteiger partial charge is 0.209 e. The molecule has 0 atom stereocenters. The molecule has 1 fully saturated rings. The van der Waals surface area contributed by atoms with E-state index in [1.807, 2.05) is 24.3 Å². The van der Waals surface area contributed by atoms with Gasteiger partial charge >= 0.3 is 0 Å². The molecule has 0 saturated carbocycles. The van der Waals surface area contributed by atoms with Crippen LogP contribution >= 0.6 is 34.7 Å². The Labute approximate surface area is 153 Å². The number of ether oxygens (including phenoxy) is 1. The van der Waals surface area contributed by atoms with E-state index in [-0.39, 0.29) is 0 Å². The second-order valence-electron chi connectivity index (χ2n) is 5.34. The van der Waals surface area contributed by atoms with Crippen molar-refractivity contribution in [2.75, 3.05) is 31.2 Å². The van der Waals surface area contributed by atoms with Crippen molar-refractivity contribution in [3.8, 4) is 0 Å². The monoisotopic (exact) mass is 378 g/mol. The normalized spacial score (nSPS) is 15.1. The highest BCUT2D eigenvalue weighted by Crippen LogP contribution is 2.34. The highest BCUT2D eigenvalue weighted by molar-refractivity contribution is 8.00. The second-order valence-corrected chi connectivity index (χ2v) is 7.93. The van der Waals surface area contributed by atoms with E-state index in [0.717, 1.165) is 63.0 Å². The van der Waals surface area contributed by atoms with Crippen LogP contribution in [0, 0.1) is 0 Å². The molecule has 8 heteroatoms. The molecule has 4 rings (SSSR count). The zero-order chi connectivity index (χ0) is 16.4. The number of hydrogen-bond acceptors (Lipinski definition) is 7. The standard InChI is InChI=1S/C16H15ClN4OS2/c17-13-4-3-11-2-1-5-18-14(11)12(13)10-23-16-20-19-15(24-16)21-6-8-22-9-7-21/h1-5H,6-10H2. The Balaban J connectivity index is 1.51. The molecular formula is C16H15ClN4OS2. The average molecular weight is 379 g/mol. The minimum absolute atomic E-state index is 0.727. The van der Waals surface area contributed by atoms with Crippen molar-refractivity contribution in [3.63, 3.8) is 0 Å². The summed E-state index contributed by atoms with van der Waals surface area (Å²) in [4.78, 5) is 6.70. The van der Waals surface area contributed by atoms with Gasteiger partial charge in [0.05, 0.1) is 18.7 Å². The van der Waals surface area contributed by atoms with Crippen molar-refractivity contribution in [2.45, 2.75) is 10.1 Å². The van der Waals surface area contributed by atoms with E-state index in [9.17, 15) is 0 Å². The van der Waals surface area contributed by atoms with Gasteiger partial charge in [-0.2, -0.15) is 0 Å². The number of benzene rings is 1. The Morgan fingerprint density at radius 1 is 1.21 bits per heavy atom. The fraction of sp³-hybridized carbons (Fsp3) is 0.312. The van der Waals surface area contributed by atoms with Crippen molar-refractivity contribution < 1.29 is 4.74 Å². The largest absolute Gasteiger partial charge is 0.378 e. The molecule has 3 aromatic rings. The number of fused-ring (bicyclic) bond motifs is 1. The van der Waals surface area contributed by atoms with Gasteiger partial charge < -0.3 is 9.64 Å². The highest BCUT2D eigenvalue weighted by atomic mass is 35.5. The van der Waals surface area contributed by atoms with E-state index >= 15 is 0 Å². The van der Waals surface area contributed by atoms with Crippen LogP contribution in [-0.4, -0.2) is 41.5 Å². The van der Waals surface area contributed by atoms with Crippen LogP contribution in [0.3, 0.4) is 0 Å². The molecule has 0 spiro atoms. The highest BCUT2D eigenvalue weighted by Gasteiger charge is 2.16. The Morgan fingerprint density at radius 3 is 2.96 bits per heavy atom. The molecule has 2 aromatic heterocycles. The number of aromatic nitrogens is 3. The first-order valence-corrected chi connectivity index (χ1v) is 9.80. The Kier molecular flexibility index (Phi) is 4.84. The summed E-state index contributed by atoms with van der Waals surface area (Å²) in [6, 6.07) is 7.92. The van der Waals surface area contributed by atoms with Gasteiger partial charge in [0.2, 0.25) is 5.13 Å². The number of anilines is 1. The predicted molar refractivity (Wildman–Crippen MR) is 99.3 cm³/mol. The minimum atomic E-state index is 0.727. The summed E-state index contributed by atoms with van der Waals surface area (Å²) < 4.78 is 6.32. The van der Waals surface area contributed by atoms with Gasteiger partial charge in [0.1, 0.15) is 0 Å². The molecule has 0 radical (unpaired) electrons. The number of thioether (sulfide) groups is 1. The number of rotatable bonds is 4. The number of halogens is 1. The first-order valence-electron chi connectivity index (χ1n) is 7.62. The molecule has 3 heterocycles. The molecule has 0 N–H and O–H groups in total. The number of hydrogen-bond donors (Lipinski definition) is 0. The summed E-state index contributed by atoms with van der Waals surface area (Å²) in [5, 5.41) is 11.4. The maximum Gasteiger partial charge on any atom is 0.209 e. The molecule has 124 valence electrons. The van der Waals surface area contributed by atoms with Gasteiger partial charge in [-0.15, -0.1) is 10.2 Å². The van der Waals surface area contributed by atoms with Gasteiger partial charge in [0.25, 0.3) is 0 Å². The quantitative estimate of drug-likeness (QED) is 0.642. The third-order valence-corrected chi connectivity index (χ3v) is 6.34. The molecule has 5 nitrogen and oxygen atoms in total. The lowest BCUT2D eigenvalue weighted by Crippen LogP contribution is -2.36. The molecule has 1 saturated heterocycles. The van der Waals surface area contributed by atoms with Crippen molar-refractivity contribution in [1.82, 2.24) is 15.2 Å². The maximum absolute atomic E-state index is 6.39. The van der Waals surface area contributed by atoms with E-state index in [0.29, 0.717) is 0 Å². The molecular weight excluding hydrogens is 364 g/mol. The summed E-state index contributed by atoms with van der Waals surface area (Å²) in [5.41, 5.74) is 2.00. The first-order chi connectivity index (χ1) is 11.8. The van der Waals surface area contributed by atoms with Crippen molar-refractivity contribution in [3.05, 3.63) is 41.0 Å². The van der Waals surface area contributed by atoms with Crippen molar-refractivity contribution in [1.29, 1.82) is 0 Å². The fourth-order valence-electron chi connectivity index (χ4n) is 2.60. The third-order valence-electron chi connectivity index (χ3n) is 3.84. The topological polar surface area (TPSA) is 51.1 Å². The summed E-state index contributed by atoms with van der Waals surface area (Å²) in [5.74, 6) is 0.727. The lowest BCUT2D eigenvalue weighted by Gasteiger charge is -2.25. The molecule has 0 amide bonds. The molecule has 0 unspecified atom stereocenters. The zero-order valence-electron chi connectivity index (χ0n) is 12.8. The fourth-order valence-corrected chi connectivity index (χ4v) is 4.82. The van der Waals surface area contributed by atoms with Crippen LogP contribution in [0.1, 0.15) is 5.56 Å². The number of pyridine rings is 1. The first kappa shape index (κ1) is 16.1. The molecule has 0 aliphatic carbocycles. The van der Waals surface area contributed by atoms with Crippen LogP contribution in [0.4, 0.5) is 5.13 Å². The van der Waals surface area contributed by atoms with Gasteiger partial charge in [0.15, 0.2) is 4.34 Å². The van der Waals surface area contributed by atoms with Gasteiger partial charge in [-0.25, -0.2) is 0 Å². The third kappa shape index (κ3) is 3.35. The average Bonchev–Trinajstić information content (AvgIpc) is 3.11. The molecule has 0 bridgehead atoms. The Hall–Kier alpha value is -1.41. The van der Waals surface area contributed by atoms with Crippen LogP contribution in [0.25, 0.3) is 10.9 Å². The van der Waals surface area contributed by atoms with Crippen LogP contribution in [-0.2, 0) is 10.5 Å². The summed E-state index contributed by atoms with van der Waals surface area (Å²) in [6.07, 6.45) is 1.80. The maximum atomic E-state index is 6.39. The van der Waals surface area contributed by atoms with Crippen LogP contribution in [0.2, 0.25) is 5.02 Å². The summed E-state index contributed by atoms with van der Waals surface area (Å²) in [7, 11) is 0. The zero-order valence-corrected chi connectivity index (χ0v) is 15.2. The van der Waals surface area contributed by atoms with E-state index in [1.165, 1.54) is 0 Å². The van der Waals surface area contributed by atoms with Gasteiger partial charge in [-0.3, -0.25) is 4.98 Å². The summed E-state index contributed by atoms with van der Waals surface area (Å²) in [6.45, 7) is 3.25.